The van der Waals surface area contributed by atoms with E-state index in [1.807, 2.05) is 17.8 Å². The summed E-state index contributed by atoms with van der Waals surface area (Å²) in [6.45, 7) is 2.10. The minimum atomic E-state index is 0.890. The number of benzene rings is 1. The Kier molecular flexibility index (Phi) is 3.91. The molecule has 1 aromatic carbocycles. The molecule has 1 heterocycles. The molecule has 0 aliphatic heterocycles. The summed E-state index contributed by atoms with van der Waals surface area (Å²) in [5.74, 6) is 1.09. The van der Waals surface area contributed by atoms with Crippen molar-refractivity contribution in [1.29, 1.82) is 0 Å². The maximum absolute atomic E-state index is 5.93. The third kappa shape index (κ3) is 3.03. The normalized spacial score (nSPS) is 10.6. The predicted octanol–water partition coefficient (Wildman–Crippen LogP) is 3.97. The molecule has 0 atom stereocenters. The van der Waals surface area contributed by atoms with Crippen molar-refractivity contribution >= 4 is 28.8 Å². The number of thioether (sulfide) groups is 1. The SMILES string of the molecule is Cc1ccc(N)c(SCCc2ccsc2)c1. The van der Waals surface area contributed by atoms with E-state index in [4.69, 9.17) is 5.73 Å². The van der Waals surface area contributed by atoms with Gasteiger partial charge in [-0.2, -0.15) is 11.3 Å². The van der Waals surface area contributed by atoms with Crippen LogP contribution in [-0.2, 0) is 6.42 Å². The zero-order chi connectivity index (χ0) is 11.4. The zero-order valence-electron chi connectivity index (χ0n) is 9.27. The van der Waals surface area contributed by atoms with E-state index < -0.39 is 0 Å². The molecule has 1 nitrogen and oxygen atoms in total. The van der Waals surface area contributed by atoms with Gasteiger partial charge in [0.25, 0.3) is 0 Å². The first kappa shape index (κ1) is 11.6. The summed E-state index contributed by atoms with van der Waals surface area (Å²) in [5.41, 5.74) is 9.51. The van der Waals surface area contributed by atoms with Gasteiger partial charge < -0.3 is 5.73 Å². The molecular formula is C13H15NS2. The number of thiophene rings is 1. The fourth-order valence-electron chi connectivity index (χ4n) is 1.48. The summed E-state index contributed by atoms with van der Waals surface area (Å²) >= 11 is 3.60. The highest BCUT2D eigenvalue weighted by atomic mass is 32.2. The van der Waals surface area contributed by atoms with Crippen molar-refractivity contribution in [3.63, 3.8) is 0 Å². The molecule has 0 unspecified atom stereocenters. The van der Waals surface area contributed by atoms with Gasteiger partial charge in [0, 0.05) is 16.3 Å². The summed E-state index contributed by atoms with van der Waals surface area (Å²) in [6.07, 6.45) is 1.11. The van der Waals surface area contributed by atoms with Gasteiger partial charge in [0.05, 0.1) is 0 Å². The summed E-state index contributed by atoms with van der Waals surface area (Å²) in [5, 5.41) is 4.33. The molecule has 0 radical (unpaired) electrons. The first-order valence-electron chi connectivity index (χ1n) is 5.26. The molecule has 0 amide bonds. The molecule has 0 aliphatic rings. The third-order valence-corrected chi connectivity index (χ3v) is 4.20. The van der Waals surface area contributed by atoms with Gasteiger partial charge in [0.1, 0.15) is 0 Å². The van der Waals surface area contributed by atoms with Crippen molar-refractivity contribution in [3.8, 4) is 0 Å². The number of hydrogen-bond acceptors (Lipinski definition) is 3. The third-order valence-electron chi connectivity index (χ3n) is 2.40. The van der Waals surface area contributed by atoms with Crippen LogP contribution in [0.1, 0.15) is 11.1 Å². The second-order valence-corrected chi connectivity index (χ2v) is 5.69. The lowest BCUT2D eigenvalue weighted by Gasteiger charge is -2.05. The number of aryl methyl sites for hydroxylation is 2. The van der Waals surface area contributed by atoms with Crippen LogP contribution in [-0.4, -0.2) is 5.75 Å². The van der Waals surface area contributed by atoms with Crippen molar-refractivity contribution < 1.29 is 0 Å². The van der Waals surface area contributed by atoms with E-state index in [1.165, 1.54) is 16.0 Å². The van der Waals surface area contributed by atoms with Gasteiger partial charge in [-0.25, -0.2) is 0 Å². The Labute approximate surface area is 105 Å². The van der Waals surface area contributed by atoms with Crippen molar-refractivity contribution in [3.05, 3.63) is 46.2 Å². The molecule has 0 spiro atoms. The van der Waals surface area contributed by atoms with Crippen molar-refractivity contribution in [1.82, 2.24) is 0 Å². The highest BCUT2D eigenvalue weighted by molar-refractivity contribution is 7.99. The average molecular weight is 249 g/mol. The quantitative estimate of drug-likeness (QED) is 0.655. The van der Waals surface area contributed by atoms with Crippen LogP contribution in [0, 0.1) is 6.92 Å². The number of nitrogens with two attached hydrogens (primary N) is 1. The molecule has 2 N–H and O–H groups in total. The van der Waals surface area contributed by atoms with Crippen LogP contribution < -0.4 is 5.73 Å². The van der Waals surface area contributed by atoms with E-state index in [0.29, 0.717) is 0 Å². The van der Waals surface area contributed by atoms with Crippen LogP contribution in [0.15, 0.2) is 39.9 Å². The van der Waals surface area contributed by atoms with Gasteiger partial charge in [-0.1, -0.05) is 6.07 Å². The standard InChI is InChI=1S/C13H15NS2/c1-10-2-3-12(14)13(8-10)16-7-5-11-4-6-15-9-11/h2-4,6,8-9H,5,7,14H2,1H3. The Morgan fingerprint density at radius 2 is 2.19 bits per heavy atom. The number of rotatable bonds is 4. The second kappa shape index (κ2) is 5.41. The number of nitrogen functional groups attached to an aromatic ring is 1. The molecule has 2 aromatic rings. The minimum Gasteiger partial charge on any atom is -0.398 e. The predicted molar refractivity (Wildman–Crippen MR) is 74.3 cm³/mol. The molecule has 0 aliphatic carbocycles. The molecule has 0 fully saturated rings. The lowest BCUT2D eigenvalue weighted by atomic mass is 10.2. The molecule has 84 valence electrons. The largest absolute Gasteiger partial charge is 0.398 e. The molecule has 0 saturated heterocycles. The van der Waals surface area contributed by atoms with Crippen molar-refractivity contribution in [2.24, 2.45) is 0 Å². The second-order valence-electron chi connectivity index (χ2n) is 3.77. The average Bonchev–Trinajstić information content (AvgIpc) is 2.76. The Bertz CT molecular complexity index is 449. The van der Waals surface area contributed by atoms with Crippen LogP contribution >= 0.6 is 23.1 Å². The van der Waals surface area contributed by atoms with Gasteiger partial charge >= 0.3 is 0 Å². The van der Waals surface area contributed by atoms with Gasteiger partial charge in [-0.15, -0.1) is 11.8 Å². The van der Waals surface area contributed by atoms with Crippen LogP contribution in [0.3, 0.4) is 0 Å². The first-order chi connectivity index (χ1) is 7.75. The topological polar surface area (TPSA) is 26.0 Å². The molecule has 0 bridgehead atoms. The fraction of sp³-hybridized carbons (Fsp3) is 0.231. The lowest BCUT2D eigenvalue weighted by Crippen LogP contribution is -1.91. The highest BCUT2D eigenvalue weighted by Crippen LogP contribution is 2.26. The van der Waals surface area contributed by atoms with Gasteiger partial charge in [0.2, 0.25) is 0 Å². The van der Waals surface area contributed by atoms with E-state index in [2.05, 4.69) is 35.9 Å². The van der Waals surface area contributed by atoms with Crippen LogP contribution in [0.4, 0.5) is 5.69 Å². The molecule has 16 heavy (non-hydrogen) atoms. The maximum Gasteiger partial charge on any atom is 0.0452 e. The highest BCUT2D eigenvalue weighted by Gasteiger charge is 2.01. The van der Waals surface area contributed by atoms with E-state index in [1.54, 1.807) is 11.3 Å². The number of hydrogen-bond donors (Lipinski definition) is 1. The van der Waals surface area contributed by atoms with Gasteiger partial charge in [-0.3, -0.25) is 0 Å². The van der Waals surface area contributed by atoms with Crippen LogP contribution in [0.2, 0.25) is 0 Å². The Morgan fingerprint density at radius 1 is 1.31 bits per heavy atom. The summed E-state index contributed by atoms with van der Waals surface area (Å²) in [4.78, 5) is 1.20. The Morgan fingerprint density at radius 3 is 2.94 bits per heavy atom. The zero-order valence-corrected chi connectivity index (χ0v) is 10.9. The summed E-state index contributed by atoms with van der Waals surface area (Å²) in [6, 6.07) is 8.39. The van der Waals surface area contributed by atoms with Crippen molar-refractivity contribution in [2.75, 3.05) is 11.5 Å². The van der Waals surface area contributed by atoms with E-state index >= 15 is 0 Å². The van der Waals surface area contributed by atoms with E-state index in [9.17, 15) is 0 Å². The summed E-state index contributed by atoms with van der Waals surface area (Å²) < 4.78 is 0. The molecule has 3 heteroatoms. The van der Waals surface area contributed by atoms with E-state index in [0.717, 1.165) is 17.9 Å². The Hall–Kier alpha value is -0.930. The van der Waals surface area contributed by atoms with Crippen LogP contribution in [0.5, 0.6) is 0 Å². The van der Waals surface area contributed by atoms with Crippen molar-refractivity contribution in [2.45, 2.75) is 18.2 Å². The Balaban J connectivity index is 1.92. The van der Waals surface area contributed by atoms with Gasteiger partial charge in [-0.05, 0) is 53.4 Å². The fourth-order valence-corrected chi connectivity index (χ4v) is 3.25. The molecule has 0 saturated carbocycles. The van der Waals surface area contributed by atoms with E-state index in [-0.39, 0.29) is 0 Å². The molecule has 1 aromatic heterocycles. The smallest absolute Gasteiger partial charge is 0.0452 e. The monoisotopic (exact) mass is 249 g/mol. The van der Waals surface area contributed by atoms with Gasteiger partial charge in [0.15, 0.2) is 0 Å². The number of anilines is 1. The summed E-state index contributed by atoms with van der Waals surface area (Å²) in [7, 11) is 0. The first-order valence-corrected chi connectivity index (χ1v) is 7.18. The van der Waals surface area contributed by atoms with Crippen LogP contribution in [0.25, 0.3) is 0 Å². The lowest BCUT2D eigenvalue weighted by molar-refractivity contribution is 1.17. The minimum absolute atomic E-state index is 0.890. The molecule has 2 rings (SSSR count). The molecular weight excluding hydrogens is 234 g/mol. The maximum atomic E-state index is 5.93.